The molecule has 83 heavy (non-hydrogen) atoms. The highest BCUT2D eigenvalue weighted by atomic mass is 16.6. The van der Waals surface area contributed by atoms with Crippen LogP contribution in [0.25, 0.3) is 0 Å². The molecule has 0 N–H and O–H groups in total. The summed E-state index contributed by atoms with van der Waals surface area (Å²) < 4.78 is 16.8. The number of rotatable bonds is 59. The maximum absolute atomic E-state index is 12.9. The largest absolute Gasteiger partial charge is 0.462 e. The average molecular weight is 1140 g/mol. The molecule has 0 spiro atoms. The first-order valence-corrected chi connectivity index (χ1v) is 33.6. The summed E-state index contributed by atoms with van der Waals surface area (Å²) in [6, 6.07) is 0. The van der Waals surface area contributed by atoms with E-state index in [0.29, 0.717) is 19.3 Å². The van der Waals surface area contributed by atoms with Crippen molar-refractivity contribution in [3.8, 4) is 0 Å². The molecular weight excluding hydrogens is 1020 g/mol. The molecule has 6 heteroatoms. The van der Waals surface area contributed by atoms with Gasteiger partial charge in [0.2, 0.25) is 0 Å². The molecule has 0 aliphatic heterocycles. The molecule has 6 nitrogen and oxygen atoms in total. The fraction of sp³-hybridized carbons (Fsp3) is 0.597. The van der Waals surface area contributed by atoms with Crippen LogP contribution in [0, 0.1) is 0 Å². The van der Waals surface area contributed by atoms with Crippen LogP contribution in [0.1, 0.15) is 278 Å². The van der Waals surface area contributed by atoms with Crippen molar-refractivity contribution in [1.82, 2.24) is 0 Å². The number of carbonyl (C=O) groups excluding carboxylic acids is 3. The van der Waals surface area contributed by atoms with Gasteiger partial charge in [0.05, 0.1) is 0 Å². The summed E-state index contributed by atoms with van der Waals surface area (Å²) in [6.45, 7) is 6.32. The van der Waals surface area contributed by atoms with Crippen LogP contribution in [0.5, 0.6) is 0 Å². The van der Waals surface area contributed by atoms with Gasteiger partial charge in [-0.3, -0.25) is 14.4 Å². The summed E-state index contributed by atoms with van der Waals surface area (Å²) in [5.74, 6) is -1.04. The summed E-state index contributed by atoms with van der Waals surface area (Å²) >= 11 is 0. The molecule has 0 amide bonds. The van der Waals surface area contributed by atoms with E-state index in [9.17, 15) is 14.4 Å². The second kappa shape index (κ2) is 69.3. The monoisotopic (exact) mass is 1140 g/mol. The molecule has 0 aliphatic rings. The fourth-order valence-electron chi connectivity index (χ4n) is 8.74. The molecule has 1 atom stereocenters. The van der Waals surface area contributed by atoms with Crippen LogP contribution in [-0.4, -0.2) is 37.2 Å². The minimum atomic E-state index is -0.832. The van der Waals surface area contributed by atoms with Crippen LogP contribution >= 0.6 is 0 Å². The molecule has 0 aromatic heterocycles. The van der Waals surface area contributed by atoms with E-state index in [-0.39, 0.29) is 37.5 Å². The van der Waals surface area contributed by atoms with Crippen LogP contribution in [0.15, 0.2) is 170 Å². The van der Waals surface area contributed by atoms with E-state index in [0.717, 1.165) is 128 Å². The Bertz CT molecular complexity index is 1890. The van der Waals surface area contributed by atoms with E-state index in [4.69, 9.17) is 14.2 Å². The third-order valence-corrected chi connectivity index (χ3v) is 13.7. The smallest absolute Gasteiger partial charge is 0.306 e. The third kappa shape index (κ3) is 67.4. The number of esters is 3. The van der Waals surface area contributed by atoms with E-state index >= 15 is 0 Å². The zero-order valence-corrected chi connectivity index (χ0v) is 53.4. The van der Waals surface area contributed by atoms with Crippen molar-refractivity contribution in [3.05, 3.63) is 170 Å². The van der Waals surface area contributed by atoms with Gasteiger partial charge in [0.25, 0.3) is 0 Å². The van der Waals surface area contributed by atoms with Gasteiger partial charge in [0.1, 0.15) is 13.2 Å². The molecule has 0 heterocycles. The summed E-state index contributed by atoms with van der Waals surface area (Å²) in [5.41, 5.74) is 0. The van der Waals surface area contributed by atoms with Gasteiger partial charge in [-0.25, -0.2) is 0 Å². The predicted octanol–water partition coefficient (Wildman–Crippen LogP) is 23.4. The van der Waals surface area contributed by atoms with Crippen molar-refractivity contribution in [2.45, 2.75) is 284 Å². The molecule has 0 aromatic carbocycles. The van der Waals surface area contributed by atoms with Crippen molar-refractivity contribution < 1.29 is 28.6 Å². The first-order chi connectivity index (χ1) is 41.0. The standard InChI is InChI=1S/C77H122O6/c1-4-7-10-13-16-19-22-25-27-29-31-33-34-35-36-37-38-39-40-41-42-44-45-47-49-52-55-58-61-64-67-70-76(79)82-73-74(72-81-75(78)69-66-63-60-57-54-51-24-21-18-15-12-9-6-3)83-77(80)71-68-65-62-59-56-53-50-48-46-43-32-30-28-26-23-20-17-14-11-8-5-2/h7,9-10,12,16,18-19,21,25,27,30-33,35-36,38-39,41-42,45,47,51-52,54-55,60,63,74H,4-6,8,11,13-15,17,20,22-24,26,28-29,34,37,40,43-44,46,48-50,53,56-59,61-62,64-73H2,1-3H3/b10-7-,12-9-,19-16-,21-18-,27-25-,32-30-,33-31-,36-35-,39-38-,42-41-,47-45-,54-51-,55-52-,63-60-. The molecule has 0 rings (SSSR count). The van der Waals surface area contributed by atoms with E-state index in [2.05, 4.69) is 179 Å². The maximum Gasteiger partial charge on any atom is 0.306 e. The second-order valence-electron chi connectivity index (χ2n) is 21.6. The van der Waals surface area contributed by atoms with Gasteiger partial charge in [0, 0.05) is 19.3 Å². The number of unbranched alkanes of at least 4 members (excludes halogenated alkanes) is 20. The average Bonchev–Trinajstić information content (AvgIpc) is 3.49. The minimum Gasteiger partial charge on any atom is -0.462 e. The van der Waals surface area contributed by atoms with E-state index in [1.807, 2.05) is 12.2 Å². The Morgan fingerprint density at radius 1 is 0.253 bits per heavy atom. The lowest BCUT2D eigenvalue weighted by Crippen LogP contribution is -2.30. The molecular formula is C77H122O6. The molecule has 0 radical (unpaired) electrons. The Balaban J connectivity index is 4.44. The Hall–Kier alpha value is -5.23. The fourth-order valence-corrected chi connectivity index (χ4v) is 8.74. The molecule has 1 unspecified atom stereocenters. The SMILES string of the molecule is CC/C=C\C/C=C\C/C=C\C/C=C\C/C=C\C/C=C\C/C=C\C/C=C\C/C=C\CCCCCC(=O)OCC(COC(=O)CC/C=C\C/C=C\C/C=C\C/C=C\CC)OC(=O)CCCCCCCCCCC/C=C\CCCCCCCCCC. The molecule has 0 fully saturated rings. The van der Waals surface area contributed by atoms with Crippen molar-refractivity contribution in [1.29, 1.82) is 0 Å². The van der Waals surface area contributed by atoms with Crippen LogP contribution in [0.4, 0.5) is 0 Å². The Kier molecular flexibility index (Phi) is 64.9. The van der Waals surface area contributed by atoms with Crippen molar-refractivity contribution in [3.63, 3.8) is 0 Å². The highest BCUT2D eigenvalue weighted by molar-refractivity contribution is 5.71. The highest BCUT2D eigenvalue weighted by Gasteiger charge is 2.19. The lowest BCUT2D eigenvalue weighted by molar-refractivity contribution is -0.166. The number of carbonyl (C=O) groups is 3. The summed E-state index contributed by atoms with van der Waals surface area (Å²) in [6.07, 6.45) is 102. The maximum atomic E-state index is 12.9. The third-order valence-electron chi connectivity index (χ3n) is 13.7. The minimum absolute atomic E-state index is 0.125. The summed E-state index contributed by atoms with van der Waals surface area (Å²) in [5, 5.41) is 0. The zero-order valence-electron chi connectivity index (χ0n) is 53.4. The van der Waals surface area contributed by atoms with Crippen LogP contribution in [0.2, 0.25) is 0 Å². The predicted molar refractivity (Wildman–Crippen MR) is 361 cm³/mol. The van der Waals surface area contributed by atoms with Crippen LogP contribution < -0.4 is 0 Å². The number of hydrogen-bond donors (Lipinski definition) is 0. The van der Waals surface area contributed by atoms with Crippen molar-refractivity contribution in [2.24, 2.45) is 0 Å². The number of allylic oxidation sites excluding steroid dienone is 28. The molecule has 0 bridgehead atoms. The quantitative estimate of drug-likeness (QED) is 0.0261. The normalized spacial score (nSPS) is 13.2. The molecule has 0 aromatic rings. The van der Waals surface area contributed by atoms with Gasteiger partial charge in [0.15, 0.2) is 6.10 Å². The molecule has 0 saturated carbocycles. The van der Waals surface area contributed by atoms with Crippen LogP contribution in [0.3, 0.4) is 0 Å². The van der Waals surface area contributed by atoms with Gasteiger partial charge in [-0.05, 0) is 141 Å². The Morgan fingerprint density at radius 3 is 0.831 bits per heavy atom. The van der Waals surface area contributed by atoms with Crippen molar-refractivity contribution in [2.75, 3.05) is 13.2 Å². The summed E-state index contributed by atoms with van der Waals surface area (Å²) in [4.78, 5) is 38.3. The second-order valence-corrected chi connectivity index (χ2v) is 21.6. The number of ether oxygens (including phenoxy) is 3. The Labute approximate surface area is 511 Å². The summed E-state index contributed by atoms with van der Waals surface area (Å²) in [7, 11) is 0. The topological polar surface area (TPSA) is 78.9 Å². The van der Waals surface area contributed by atoms with E-state index in [1.165, 1.54) is 103 Å². The zero-order chi connectivity index (χ0) is 59.9. The lowest BCUT2D eigenvalue weighted by Gasteiger charge is -2.18. The first-order valence-electron chi connectivity index (χ1n) is 33.6. The number of hydrogen-bond acceptors (Lipinski definition) is 6. The first kappa shape index (κ1) is 77.8. The van der Waals surface area contributed by atoms with Gasteiger partial charge in [-0.1, -0.05) is 287 Å². The van der Waals surface area contributed by atoms with E-state index < -0.39 is 6.10 Å². The van der Waals surface area contributed by atoms with E-state index in [1.54, 1.807) is 0 Å². The van der Waals surface area contributed by atoms with Crippen molar-refractivity contribution >= 4 is 17.9 Å². The molecule has 0 aliphatic carbocycles. The van der Waals surface area contributed by atoms with Gasteiger partial charge < -0.3 is 14.2 Å². The lowest BCUT2D eigenvalue weighted by atomic mass is 10.1. The highest BCUT2D eigenvalue weighted by Crippen LogP contribution is 2.15. The van der Waals surface area contributed by atoms with Gasteiger partial charge in [-0.2, -0.15) is 0 Å². The van der Waals surface area contributed by atoms with Gasteiger partial charge in [-0.15, -0.1) is 0 Å². The van der Waals surface area contributed by atoms with Gasteiger partial charge >= 0.3 is 17.9 Å². The molecule has 466 valence electrons. The molecule has 0 saturated heterocycles. The Morgan fingerprint density at radius 2 is 0.494 bits per heavy atom. The van der Waals surface area contributed by atoms with Crippen LogP contribution in [-0.2, 0) is 28.6 Å².